The van der Waals surface area contributed by atoms with E-state index in [0.29, 0.717) is 6.42 Å². The lowest BCUT2D eigenvalue weighted by molar-refractivity contribution is -0.137. The number of aromatic nitrogens is 1. The monoisotopic (exact) mass is 270 g/mol. The van der Waals surface area contributed by atoms with E-state index in [9.17, 15) is 9.59 Å². The molecule has 1 rings (SSSR count). The summed E-state index contributed by atoms with van der Waals surface area (Å²) in [5.74, 6) is -1.06. The molecule has 6 heteroatoms. The lowest BCUT2D eigenvalue weighted by Gasteiger charge is -2.15. The molecule has 0 aromatic carbocycles. The largest absolute Gasteiger partial charge is 0.481 e. The van der Waals surface area contributed by atoms with Gasteiger partial charge in [-0.2, -0.15) is 0 Å². The summed E-state index contributed by atoms with van der Waals surface area (Å²) in [7, 11) is 0. The Morgan fingerprint density at radius 1 is 1.56 bits per heavy atom. The van der Waals surface area contributed by atoms with Gasteiger partial charge in [0.1, 0.15) is 0 Å². The second-order valence-corrected chi connectivity index (χ2v) is 5.25. The van der Waals surface area contributed by atoms with E-state index in [4.69, 9.17) is 5.11 Å². The molecule has 1 heterocycles. The van der Waals surface area contributed by atoms with Crippen LogP contribution in [0.4, 0.5) is 0 Å². The highest BCUT2D eigenvalue weighted by Crippen LogP contribution is 2.09. The molecule has 1 atom stereocenters. The zero-order valence-electron chi connectivity index (χ0n) is 10.6. The molecule has 0 aliphatic heterocycles. The number of carboxylic acids is 1. The maximum absolute atomic E-state index is 11.7. The molecule has 0 spiro atoms. The molecular weight excluding hydrogens is 252 g/mol. The first-order valence-electron chi connectivity index (χ1n) is 5.93. The van der Waals surface area contributed by atoms with Gasteiger partial charge in [0.2, 0.25) is 5.91 Å². The van der Waals surface area contributed by atoms with Crippen LogP contribution in [0.2, 0.25) is 0 Å². The van der Waals surface area contributed by atoms with Crippen LogP contribution in [0.1, 0.15) is 36.9 Å². The van der Waals surface area contributed by atoms with Crippen molar-refractivity contribution in [2.45, 2.75) is 45.6 Å². The third kappa shape index (κ3) is 5.27. The minimum atomic E-state index is -0.891. The third-order valence-electron chi connectivity index (χ3n) is 2.43. The lowest BCUT2D eigenvalue weighted by atomic mass is 10.1. The average Bonchev–Trinajstić information content (AvgIpc) is 2.62. The summed E-state index contributed by atoms with van der Waals surface area (Å²) in [5.41, 5.74) is 0.737. The Balaban J connectivity index is 2.47. The van der Waals surface area contributed by atoms with Gasteiger partial charge < -0.3 is 10.4 Å². The first kappa shape index (κ1) is 14.6. The number of rotatable bonds is 7. The highest BCUT2D eigenvalue weighted by atomic mass is 32.1. The van der Waals surface area contributed by atoms with E-state index in [1.54, 1.807) is 0 Å². The number of aliphatic carboxylic acids is 1. The van der Waals surface area contributed by atoms with Crippen LogP contribution >= 0.6 is 11.3 Å². The number of carbonyl (C=O) groups is 2. The number of thiazole rings is 1. The molecule has 0 radical (unpaired) electrons. The van der Waals surface area contributed by atoms with Crippen molar-refractivity contribution in [2.24, 2.45) is 0 Å². The molecule has 18 heavy (non-hydrogen) atoms. The summed E-state index contributed by atoms with van der Waals surface area (Å²) < 4.78 is 0. The average molecular weight is 270 g/mol. The maximum Gasteiger partial charge on any atom is 0.305 e. The van der Waals surface area contributed by atoms with Crippen molar-refractivity contribution in [1.82, 2.24) is 10.3 Å². The van der Waals surface area contributed by atoms with Crippen molar-refractivity contribution in [1.29, 1.82) is 0 Å². The summed E-state index contributed by atoms with van der Waals surface area (Å²) in [6.07, 6.45) is 1.70. The molecule has 5 nitrogen and oxygen atoms in total. The molecule has 1 unspecified atom stereocenters. The number of aryl methyl sites for hydroxylation is 1. The quantitative estimate of drug-likeness (QED) is 0.791. The molecule has 1 amide bonds. The third-order valence-corrected chi connectivity index (χ3v) is 3.25. The molecule has 0 bridgehead atoms. The number of hydrogen-bond donors (Lipinski definition) is 2. The Kier molecular flexibility index (Phi) is 5.77. The first-order valence-corrected chi connectivity index (χ1v) is 6.81. The van der Waals surface area contributed by atoms with Crippen LogP contribution in [-0.2, 0) is 16.0 Å². The van der Waals surface area contributed by atoms with Crippen LogP contribution < -0.4 is 5.32 Å². The van der Waals surface area contributed by atoms with Crippen molar-refractivity contribution in [3.8, 4) is 0 Å². The van der Waals surface area contributed by atoms with Crippen molar-refractivity contribution in [3.63, 3.8) is 0 Å². The van der Waals surface area contributed by atoms with Gasteiger partial charge in [0.05, 0.1) is 23.5 Å². The van der Waals surface area contributed by atoms with E-state index in [-0.39, 0.29) is 24.8 Å². The van der Waals surface area contributed by atoms with Crippen LogP contribution in [0, 0.1) is 6.92 Å². The Morgan fingerprint density at radius 2 is 2.28 bits per heavy atom. The van der Waals surface area contributed by atoms with E-state index >= 15 is 0 Å². The molecule has 0 fully saturated rings. The molecule has 0 saturated carbocycles. The van der Waals surface area contributed by atoms with Gasteiger partial charge in [-0.1, -0.05) is 13.3 Å². The van der Waals surface area contributed by atoms with Crippen LogP contribution in [-0.4, -0.2) is 28.0 Å². The van der Waals surface area contributed by atoms with Gasteiger partial charge in [-0.25, -0.2) is 4.98 Å². The van der Waals surface area contributed by atoms with Gasteiger partial charge in [-0.15, -0.1) is 11.3 Å². The topological polar surface area (TPSA) is 79.3 Å². The predicted molar refractivity (Wildman–Crippen MR) is 69.6 cm³/mol. The fraction of sp³-hybridized carbons (Fsp3) is 0.583. The van der Waals surface area contributed by atoms with Crippen molar-refractivity contribution in [3.05, 3.63) is 16.1 Å². The van der Waals surface area contributed by atoms with Crippen LogP contribution in [0.5, 0.6) is 0 Å². The number of hydrogen-bond acceptors (Lipinski definition) is 4. The van der Waals surface area contributed by atoms with Crippen LogP contribution in [0.25, 0.3) is 0 Å². The molecule has 0 aliphatic rings. The van der Waals surface area contributed by atoms with Gasteiger partial charge in [0.25, 0.3) is 0 Å². The van der Waals surface area contributed by atoms with E-state index < -0.39 is 5.97 Å². The summed E-state index contributed by atoms with van der Waals surface area (Å²) >= 11 is 1.50. The molecule has 2 N–H and O–H groups in total. The highest BCUT2D eigenvalue weighted by molar-refractivity contribution is 7.09. The Bertz CT molecular complexity index is 417. The first-order chi connectivity index (χ1) is 8.51. The minimum Gasteiger partial charge on any atom is -0.481 e. The summed E-state index contributed by atoms with van der Waals surface area (Å²) in [6, 6.07) is -0.292. The van der Waals surface area contributed by atoms with Gasteiger partial charge in [0.15, 0.2) is 0 Å². The standard InChI is InChI=1S/C12H18N2O3S/c1-3-4-9(6-12(16)17)14-11(15)5-10-7-18-8(2)13-10/h7,9H,3-6H2,1-2H3,(H,14,15)(H,16,17). The van der Waals surface area contributed by atoms with E-state index in [1.165, 1.54) is 11.3 Å². The van der Waals surface area contributed by atoms with E-state index in [0.717, 1.165) is 17.1 Å². The highest BCUT2D eigenvalue weighted by Gasteiger charge is 2.15. The van der Waals surface area contributed by atoms with Crippen molar-refractivity contribution in [2.75, 3.05) is 0 Å². The minimum absolute atomic E-state index is 0.0321. The fourth-order valence-corrected chi connectivity index (χ4v) is 2.33. The summed E-state index contributed by atoms with van der Waals surface area (Å²) in [5, 5.41) is 14.3. The van der Waals surface area contributed by atoms with E-state index in [2.05, 4.69) is 10.3 Å². The molecule has 1 aromatic heterocycles. The summed E-state index contributed by atoms with van der Waals surface area (Å²) in [6.45, 7) is 3.85. The number of amides is 1. The smallest absolute Gasteiger partial charge is 0.305 e. The van der Waals surface area contributed by atoms with Gasteiger partial charge >= 0.3 is 5.97 Å². The molecule has 0 saturated heterocycles. The Labute approximate surface area is 110 Å². The van der Waals surface area contributed by atoms with Crippen LogP contribution in [0.15, 0.2) is 5.38 Å². The number of carboxylic acid groups (broad SMARTS) is 1. The zero-order chi connectivity index (χ0) is 13.5. The zero-order valence-corrected chi connectivity index (χ0v) is 11.4. The fourth-order valence-electron chi connectivity index (χ4n) is 1.72. The van der Waals surface area contributed by atoms with Crippen molar-refractivity contribution >= 4 is 23.2 Å². The summed E-state index contributed by atoms with van der Waals surface area (Å²) in [4.78, 5) is 26.6. The van der Waals surface area contributed by atoms with Gasteiger partial charge in [-0.3, -0.25) is 9.59 Å². The lowest BCUT2D eigenvalue weighted by Crippen LogP contribution is -2.37. The number of nitrogens with zero attached hydrogens (tertiary/aromatic N) is 1. The van der Waals surface area contributed by atoms with Crippen LogP contribution in [0.3, 0.4) is 0 Å². The molecule has 100 valence electrons. The number of carbonyl (C=O) groups excluding carboxylic acids is 1. The van der Waals surface area contributed by atoms with Gasteiger partial charge in [-0.05, 0) is 13.3 Å². The van der Waals surface area contributed by atoms with Crippen molar-refractivity contribution < 1.29 is 14.7 Å². The molecule has 0 aliphatic carbocycles. The second-order valence-electron chi connectivity index (χ2n) is 4.19. The van der Waals surface area contributed by atoms with Gasteiger partial charge in [0, 0.05) is 11.4 Å². The normalized spacial score (nSPS) is 12.1. The number of nitrogens with one attached hydrogen (secondary N) is 1. The molecular formula is C12H18N2O3S. The Morgan fingerprint density at radius 3 is 2.78 bits per heavy atom. The Hall–Kier alpha value is -1.43. The maximum atomic E-state index is 11.7. The second kappa shape index (κ2) is 7.10. The SMILES string of the molecule is CCCC(CC(=O)O)NC(=O)Cc1csc(C)n1. The molecule has 1 aromatic rings. The van der Waals surface area contributed by atoms with E-state index in [1.807, 2.05) is 19.2 Å². The predicted octanol–water partition coefficient (Wildman–Crippen LogP) is 1.75.